The molecule has 26 heavy (non-hydrogen) atoms. The van der Waals surface area contributed by atoms with Crippen LogP contribution in [0.3, 0.4) is 0 Å². The van der Waals surface area contributed by atoms with Gasteiger partial charge in [-0.1, -0.05) is 11.6 Å². The van der Waals surface area contributed by atoms with Crippen LogP contribution in [-0.2, 0) is 13.1 Å². The quantitative estimate of drug-likeness (QED) is 0.748. The minimum absolute atomic E-state index is 0.0316. The van der Waals surface area contributed by atoms with E-state index in [-0.39, 0.29) is 11.1 Å². The van der Waals surface area contributed by atoms with Crippen LogP contribution in [-0.4, -0.2) is 37.0 Å². The second-order valence-electron chi connectivity index (χ2n) is 6.14. The Morgan fingerprint density at radius 3 is 2.85 bits per heavy atom. The molecule has 7 nitrogen and oxygen atoms in total. The van der Waals surface area contributed by atoms with Gasteiger partial charge < -0.3 is 10.2 Å². The number of aryl methyl sites for hydroxylation is 1. The Kier molecular flexibility index (Phi) is 4.12. The Morgan fingerprint density at radius 1 is 1.27 bits per heavy atom. The van der Waals surface area contributed by atoms with Crippen molar-refractivity contribution in [3.05, 3.63) is 58.9 Å². The number of nitrogens with one attached hydrogen (secondary N) is 1. The lowest BCUT2D eigenvalue weighted by Gasteiger charge is -2.28. The Hall–Kier alpha value is -2.87. The fourth-order valence-electron chi connectivity index (χ4n) is 2.92. The maximum absolute atomic E-state index is 13.3. The van der Waals surface area contributed by atoms with Crippen LogP contribution in [0.15, 0.2) is 36.8 Å². The lowest BCUT2D eigenvalue weighted by atomic mass is 10.2. The zero-order chi connectivity index (χ0) is 18.3. The minimum Gasteiger partial charge on any atom is -0.317 e. The number of halogens is 2. The van der Waals surface area contributed by atoms with Gasteiger partial charge in [0.15, 0.2) is 0 Å². The summed E-state index contributed by atoms with van der Waals surface area (Å²) in [4.78, 5) is 14.2. The van der Waals surface area contributed by atoms with Crippen LogP contribution < -0.4 is 5.32 Å². The smallest absolute Gasteiger partial charge is 0.317 e. The molecule has 0 fully saturated rings. The average Bonchev–Trinajstić information content (AvgIpc) is 3.23. The average molecular weight is 375 g/mol. The molecule has 0 radical (unpaired) electrons. The van der Waals surface area contributed by atoms with Crippen LogP contribution in [0.5, 0.6) is 0 Å². The van der Waals surface area contributed by atoms with Crippen molar-refractivity contribution in [2.45, 2.75) is 20.0 Å². The highest BCUT2D eigenvalue weighted by Crippen LogP contribution is 2.22. The van der Waals surface area contributed by atoms with Gasteiger partial charge in [-0.2, -0.15) is 10.2 Å². The molecule has 0 unspecified atom stereocenters. The zero-order valence-electron chi connectivity index (χ0n) is 14.0. The molecule has 0 saturated heterocycles. The SMILES string of the molecule is Cc1cnn(-c2cnn3c2CN(C(=O)Nc2ccc(F)c(Cl)c2)CC3)c1. The normalized spacial score (nSPS) is 13.6. The molecule has 3 heterocycles. The third-order valence-electron chi connectivity index (χ3n) is 4.27. The van der Waals surface area contributed by atoms with Crippen LogP contribution in [0, 0.1) is 12.7 Å². The zero-order valence-corrected chi connectivity index (χ0v) is 14.7. The number of fused-ring (bicyclic) bond motifs is 1. The summed E-state index contributed by atoms with van der Waals surface area (Å²) in [5.74, 6) is -0.523. The first-order valence-corrected chi connectivity index (χ1v) is 8.46. The third kappa shape index (κ3) is 3.03. The number of nitrogens with zero attached hydrogens (tertiary/aromatic N) is 5. The van der Waals surface area contributed by atoms with Crippen molar-refractivity contribution >= 4 is 23.3 Å². The van der Waals surface area contributed by atoms with Crippen molar-refractivity contribution < 1.29 is 9.18 Å². The standard InChI is InChI=1S/C17H16ClFN6O/c1-11-7-20-25(9-11)15-8-21-24-5-4-23(10-16(15)24)17(26)22-12-2-3-14(19)13(18)6-12/h2-3,6-9H,4-5,10H2,1H3,(H,22,26). The van der Waals surface area contributed by atoms with E-state index in [9.17, 15) is 9.18 Å². The number of benzene rings is 1. The van der Waals surface area contributed by atoms with E-state index in [1.54, 1.807) is 22.0 Å². The van der Waals surface area contributed by atoms with Crippen molar-refractivity contribution in [1.29, 1.82) is 0 Å². The minimum atomic E-state index is -0.523. The number of anilines is 1. The van der Waals surface area contributed by atoms with Gasteiger partial charge in [-0.25, -0.2) is 13.9 Å². The number of carbonyl (C=O) groups excluding carboxylic acids is 1. The fraction of sp³-hybridized carbons (Fsp3) is 0.235. The topological polar surface area (TPSA) is 68.0 Å². The van der Waals surface area contributed by atoms with Crippen molar-refractivity contribution in [3.8, 4) is 5.69 Å². The highest BCUT2D eigenvalue weighted by Gasteiger charge is 2.25. The van der Waals surface area contributed by atoms with Gasteiger partial charge in [-0.15, -0.1) is 0 Å². The first-order chi connectivity index (χ1) is 12.5. The third-order valence-corrected chi connectivity index (χ3v) is 4.56. The summed E-state index contributed by atoms with van der Waals surface area (Å²) in [7, 11) is 0. The monoisotopic (exact) mass is 374 g/mol. The molecule has 1 aliphatic rings. The van der Waals surface area contributed by atoms with Crippen molar-refractivity contribution in [2.75, 3.05) is 11.9 Å². The predicted molar refractivity (Wildman–Crippen MR) is 94.9 cm³/mol. The van der Waals surface area contributed by atoms with Crippen molar-refractivity contribution in [2.24, 2.45) is 0 Å². The summed E-state index contributed by atoms with van der Waals surface area (Å²) in [6.45, 7) is 3.47. The lowest BCUT2D eigenvalue weighted by molar-refractivity contribution is 0.194. The molecule has 0 spiro atoms. The molecule has 0 atom stereocenters. The number of hydrogen-bond donors (Lipinski definition) is 1. The molecule has 2 aromatic heterocycles. The number of hydrogen-bond acceptors (Lipinski definition) is 3. The van der Waals surface area contributed by atoms with E-state index in [0.717, 1.165) is 16.9 Å². The Morgan fingerprint density at radius 2 is 2.12 bits per heavy atom. The van der Waals surface area contributed by atoms with Crippen LogP contribution in [0.1, 0.15) is 11.3 Å². The van der Waals surface area contributed by atoms with Crippen molar-refractivity contribution in [1.82, 2.24) is 24.5 Å². The molecular weight excluding hydrogens is 359 g/mol. The van der Waals surface area contributed by atoms with E-state index >= 15 is 0 Å². The highest BCUT2D eigenvalue weighted by molar-refractivity contribution is 6.31. The van der Waals surface area contributed by atoms with E-state index in [4.69, 9.17) is 11.6 Å². The van der Waals surface area contributed by atoms with Gasteiger partial charge in [-0.3, -0.25) is 4.68 Å². The summed E-state index contributed by atoms with van der Waals surface area (Å²) in [5.41, 5.74) is 3.25. The number of aromatic nitrogens is 4. The molecular formula is C17H16ClFN6O. The number of urea groups is 1. The number of amides is 2. The van der Waals surface area contributed by atoms with E-state index in [1.165, 1.54) is 18.2 Å². The Bertz CT molecular complexity index is 982. The summed E-state index contributed by atoms with van der Waals surface area (Å²) >= 11 is 5.76. The molecule has 1 N–H and O–H groups in total. The van der Waals surface area contributed by atoms with E-state index in [0.29, 0.717) is 25.3 Å². The summed E-state index contributed by atoms with van der Waals surface area (Å²) in [5, 5.41) is 11.4. The second kappa shape index (κ2) is 6.45. The highest BCUT2D eigenvalue weighted by atomic mass is 35.5. The largest absolute Gasteiger partial charge is 0.322 e. The molecule has 0 saturated carbocycles. The molecule has 9 heteroatoms. The summed E-state index contributed by atoms with van der Waals surface area (Å²) in [6.07, 6.45) is 5.44. The van der Waals surface area contributed by atoms with Gasteiger partial charge in [0, 0.05) is 18.4 Å². The molecule has 1 aliphatic heterocycles. The van der Waals surface area contributed by atoms with Gasteiger partial charge in [-0.05, 0) is 30.7 Å². The summed E-state index contributed by atoms with van der Waals surface area (Å²) in [6, 6.07) is 3.82. The second-order valence-corrected chi connectivity index (χ2v) is 6.55. The van der Waals surface area contributed by atoms with Gasteiger partial charge in [0.1, 0.15) is 11.5 Å². The molecule has 134 valence electrons. The van der Waals surface area contributed by atoms with Crippen LogP contribution in [0.25, 0.3) is 5.69 Å². The maximum Gasteiger partial charge on any atom is 0.322 e. The van der Waals surface area contributed by atoms with Crippen LogP contribution in [0.2, 0.25) is 5.02 Å². The van der Waals surface area contributed by atoms with Gasteiger partial charge in [0.05, 0.1) is 36.2 Å². The molecule has 3 aromatic rings. The number of rotatable bonds is 2. The molecule has 0 aliphatic carbocycles. The van der Waals surface area contributed by atoms with Gasteiger partial charge in [0.2, 0.25) is 0 Å². The molecule has 2 amide bonds. The summed E-state index contributed by atoms with van der Waals surface area (Å²) < 4.78 is 16.9. The van der Waals surface area contributed by atoms with Crippen molar-refractivity contribution in [3.63, 3.8) is 0 Å². The Balaban J connectivity index is 1.53. The molecule has 4 rings (SSSR count). The maximum atomic E-state index is 13.3. The van der Waals surface area contributed by atoms with Gasteiger partial charge >= 0.3 is 6.03 Å². The van der Waals surface area contributed by atoms with Crippen LogP contribution >= 0.6 is 11.6 Å². The number of carbonyl (C=O) groups is 1. The van der Waals surface area contributed by atoms with Gasteiger partial charge in [0.25, 0.3) is 0 Å². The molecule has 1 aromatic carbocycles. The van der Waals surface area contributed by atoms with E-state index in [2.05, 4.69) is 15.5 Å². The molecule has 0 bridgehead atoms. The fourth-order valence-corrected chi connectivity index (χ4v) is 3.10. The van der Waals surface area contributed by atoms with Crippen LogP contribution in [0.4, 0.5) is 14.9 Å². The van der Waals surface area contributed by atoms with E-state index < -0.39 is 5.82 Å². The first-order valence-electron chi connectivity index (χ1n) is 8.08. The predicted octanol–water partition coefficient (Wildman–Crippen LogP) is 3.22. The lowest BCUT2D eigenvalue weighted by Crippen LogP contribution is -2.41. The van der Waals surface area contributed by atoms with E-state index in [1.807, 2.05) is 17.8 Å². The first kappa shape index (κ1) is 16.6. The Labute approximate surface area is 154 Å².